The van der Waals surface area contributed by atoms with Gasteiger partial charge in [-0.1, -0.05) is 24.3 Å². The minimum absolute atomic E-state index is 0.0463. The number of esters is 1. The van der Waals surface area contributed by atoms with E-state index in [1.807, 2.05) is 82.2 Å². The van der Waals surface area contributed by atoms with E-state index in [1.165, 1.54) is 11.3 Å². The summed E-state index contributed by atoms with van der Waals surface area (Å²) in [6.07, 6.45) is 2.00. The van der Waals surface area contributed by atoms with Crippen molar-refractivity contribution in [2.45, 2.75) is 64.5 Å². The van der Waals surface area contributed by atoms with Crippen LogP contribution in [0, 0.1) is 5.41 Å². The summed E-state index contributed by atoms with van der Waals surface area (Å²) in [5, 5.41) is 0.863. The van der Waals surface area contributed by atoms with Crippen molar-refractivity contribution in [3.8, 4) is 0 Å². The molecule has 2 heterocycles. The second kappa shape index (κ2) is 10.5. The Morgan fingerprint density at radius 3 is 2.36 bits per heavy atom. The van der Waals surface area contributed by atoms with E-state index in [2.05, 4.69) is 4.90 Å². The molecule has 8 heteroatoms. The summed E-state index contributed by atoms with van der Waals surface area (Å²) in [5.41, 5.74) is 2.38. The van der Waals surface area contributed by atoms with Crippen LogP contribution in [0.4, 0.5) is 0 Å². The summed E-state index contributed by atoms with van der Waals surface area (Å²) in [6.45, 7) is 7.03. The van der Waals surface area contributed by atoms with Gasteiger partial charge in [0, 0.05) is 43.0 Å². The Morgan fingerprint density at radius 1 is 1.08 bits per heavy atom. The molecule has 0 atom stereocenters. The second-order valence-corrected chi connectivity index (χ2v) is 13.3. The van der Waals surface area contributed by atoms with E-state index < -0.39 is 11.0 Å². The molecule has 7 nitrogen and oxygen atoms in total. The van der Waals surface area contributed by atoms with Crippen LogP contribution in [0.3, 0.4) is 0 Å². The first-order valence-electron chi connectivity index (χ1n) is 13.6. The van der Waals surface area contributed by atoms with Crippen LogP contribution in [0.5, 0.6) is 0 Å². The number of aryl methyl sites for hydroxylation is 1. The molecule has 1 amide bonds. The molecule has 2 aromatic carbocycles. The highest BCUT2D eigenvalue weighted by atomic mass is 32.1. The van der Waals surface area contributed by atoms with Gasteiger partial charge in [0.25, 0.3) is 5.91 Å². The molecule has 0 N–H and O–H groups in total. The molecule has 1 aliphatic heterocycles. The lowest BCUT2D eigenvalue weighted by molar-refractivity contribution is -0.159. The molecule has 206 valence electrons. The lowest BCUT2D eigenvalue weighted by Gasteiger charge is -2.42. The second-order valence-electron chi connectivity index (χ2n) is 12.2. The van der Waals surface area contributed by atoms with E-state index in [1.54, 1.807) is 0 Å². The average molecular weight is 548 g/mol. The number of hydrogen-bond acceptors (Lipinski definition) is 7. The van der Waals surface area contributed by atoms with Gasteiger partial charge in [-0.15, -0.1) is 11.3 Å². The molecular formula is C31H37N3O4S. The van der Waals surface area contributed by atoms with Crippen LogP contribution in [0.25, 0.3) is 10.2 Å². The first-order chi connectivity index (χ1) is 18.4. The fraction of sp³-hybridized carbons (Fsp3) is 0.484. The molecule has 1 saturated heterocycles. The average Bonchev–Trinajstić information content (AvgIpc) is 3.40. The third kappa shape index (κ3) is 5.92. The zero-order valence-corrected chi connectivity index (χ0v) is 24.3. The van der Waals surface area contributed by atoms with Crippen LogP contribution >= 0.6 is 11.3 Å². The molecule has 0 saturated carbocycles. The number of ketones is 1. The van der Waals surface area contributed by atoms with Gasteiger partial charge in [0.2, 0.25) is 0 Å². The fourth-order valence-electron chi connectivity index (χ4n) is 5.60. The van der Waals surface area contributed by atoms with Crippen molar-refractivity contribution in [2.24, 2.45) is 5.41 Å². The molecule has 0 spiro atoms. The predicted octanol–water partition coefficient (Wildman–Crippen LogP) is 4.70. The molecule has 5 rings (SSSR count). The van der Waals surface area contributed by atoms with Crippen molar-refractivity contribution in [3.63, 3.8) is 0 Å². The third-order valence-electron chi connectivity index (χ3n) is 7.80. The summed E-state index contributed by atoms with van der Waals surface area (Å²) in [4.78, 5) is 48.3. The first kappa shape index (κ1) is 27.5. The molecule has 1 aromatic heterocycles. The van der Waals surface area contributed by atoms with Crippen LogP contribution < -0.4 is 0 Å². The van der Waals surface area contributed by atoms with Crippen LogP contribution in [0.2, 0.25) is 0 Å². The SMILES string of the molecule is CN(C)C1CN(C(=O)c2ccc3nc(CCC(=O)C4(CC(=O)OC(C)(C)C)Cc5ccccc5C4)sc3c2)C1. The number of carbonyl (C=O) groups is 3. The quantitative estimate of drug-likeness (QED) is 0.381. The van der Waals surface area contributed by atoms with Gasteiger partial charge in [0.05, 0.1) is 21.6 Å². The van der Waals surface area contributed by atoms with E-state index in [0.29, 0.717) is 37.3 Å². The van der Waals surface area contributed by atoms with Gasteiger partial charge in [-0.2, -0.15) is 0 Å². The number of thiazole rings is 1. The number of ether oxygens (including phenoxy) is 1. The van der Waals surface area contributed by atoms with E-state index in [9.17, 15) is 14.4 Å². The van der Waals surface area contributed by atoms with Crippen molar-refractivity contribution in [3.05, 3.63) is 64.2 Å². The zero-order valence-electron chi connectivity index (χ0n) is 23.5. The molecule has 0 radical (unpaired) electrons. The Bertz CT molecular complexity index is 1390. The van der Waals surface area contributed by atoms with E-state index in [0.717, 1.165) is 39.4 Å². The number of likely N-dealkylation sites (tertiary alicyclic amines) is 1. The predicted molar refractivity (Wildman–Crippen MR) is 153 cm³/mol. The number of amides is 1. The van der Waals surface area contributed by atoms with Gasteiger partial charge in [0.1, 0.15) is 11.4 Å². The number of Topliss-reactive ketones (excluding diaryl/α,β-unsaturated/α-hetero) is 1. The van der Waals surface area contributed by atoms with Gasteiger partial charge >= 0.3 is 5.97 Å². The Labute approximate surface area is 234 Å². The lowest BCUT2D eigenvalue weighted by Crippen LogP contribution is -2.59. The number of nitrogens with zero attached hydrogens (tertiary/aromatic N) is 3. The summed E-state index contributed by atoms with van der Waals surface area (Å²) in [7, 11) is 4.07. The van der Waals surface area contributed by atoms with E-state index in [4.69, 9.17) is 9.72 Å². The van der Waals surface area contributed by atoms with Gasteiger partial charge in [-0.3, -0.25) is 14.4 Å². The third-order valence-corrected chi connectivity index (χ3v) is 8.87. The largest absolute Gasteiger partial charge is 0.460 e. The number of carbonyl (C=O) groups excluding carboxylic acids is 3. The van der Waals surface area contributed by atoms with E-state index >= 15 is 0 Å². The minimum Gasteiger partial charge on any atom is -0.460 e. The number of likely N-dealkylation sites (N-methyl/N-ethyl adjacent to an activating group) is 1. The summed E-state index contributed by atoms with van der Waals surface area (Å²) < 4.78 is 6.57. The zero-order chi connectivity index (χ0) is 27.9. The normalized spacial score (nSPS) is 16.8. The van der Waals surface area contributed by atoms with Crippen molar-refractivity contribution in [2.75, 3.05) is 27.2 Å². The standard InChI is InChI=1S/C31H37N3O4S/c1-30(2,3)38-28(36)17-31(15-21-8-6-7-9-22(21)16-31)26(35)12-13-27-32-24-11-10-20(14-25(24)39-27)29(37)34-18-23(19-34)33(4)5/h6-11,14,23H,12-13,15-19H2,1-5H3. The van der Waals surface area contributed by atoms with Gasteiger partial charge < -0.3 is 14.5 Å². The van der Waals surface area contributed by atoms with Crippen molar-refractivity contribution in [1.82, 2.24) is 14.8 Å². The first-order valence-corrected chi connectivity index (χ1v) is 14.4. The van der Waals surface area contributed by atoms with E-state index in [-0.39, 0.29) is 24.1 Å². The number of aromatic nitrogens is 1. The molecule has 1 aliphatic carbocycles. The Kier molecular flexibility index (Phi) is 7.37. The van der Waals surface area contributed by atoms with Crippen LogP contribution in [-0.2, 0) is 33.6 Å². The van der Waals surface area contributed by atoms with Crippen LogP contribution in [0.1, 0.15) is 60.1 Å². The highest BCUT2D eigenvalue weighted by Crippen LogP contribution is 2.42. The number of fused-ring (bicyclic) bond motifs is 2. The molecule has 3 aromatic rings. The summed E-state index contributed by atoms with van der Waals surface area (Å²) in [5.74, 6) is -0.210. The fourth-order valence-corrected chi connectivity index (χ4v) is 6.60. The molecular weight excluding hydrogens is 510 g/mol. The molecule has 1 fully saturated rings. The highest BCUT2D eigenvalue weighted by molar-refractivity contribution is 7.18. The van der Waals surface area contributed by atoms with Gasteiger partial charge in [-0.05, 0) is 77.0 Å². The smallest absolute Gasteiger partial charge is 0.307 e. The molecule has 0 unspecified atom stereocenters. The number of rotatable bonds is 8. The monoisotopic (exact) mass is 547 g/mol. The Morgan fingerprint density at radius 2 is 1.74 bits per heavy atom. The summed E-state index contributed by atoms with van der Waals surface area (Å²) in [6, 6.07) is 14.1. The van der Waals surface area contributed by atoms with Crippen molar-refractivity contribution >= 4 is 39.2 Å². The topological polar surface area (TPSA) is 79.8 Å². The summed E-state index contributed by atoms with van der Waals surface area (Å²) >= 11 is 1.53. The Balaban J connectivity index is 1.28. The number of benzene rings is 2. The maximum Gasteiger partial charge on any atom is 0.307 e. The number of hydrogen-bond donors (Lipinski definition) is 0. The Hall–Kier alpha value is -3.10. The molecule has 0 bridgehead atoms. The van der Waals surface area contributed by atoms with Crippen molar-refractivity contribution < 1.29 is 19.1 Å². The molecule has 39 heavy (non-hydrogen) atoms. The van der Waals surface area contributed by atoms with Gasteiger partial charge in [-0.25, -0.2) is 4.98 Å². The minimum atomic E-state index is -0.788. The van der Waals surface area contributed by atoms with Crippen molar-refractivity contribution in [1.29, 1.82) is 0 Å². The van der Waals surface area contributed by atoms with Crippen LogP contribution in [0.15, 0.2) is 42.5 Å². The van der Waals surface area contributed by atoms with Crippen LogP contribution in [-0.4, -0.2) is 71.3 Å². The molecule has 2 aliphatic rings. The lowest BCUT2D eigenvalue weighted by atomic mass is 9.76. The maximum atomic E-state index is 13.8. The van der Waals surface area contributed by atoms with Gasteiger partial charge in [0.15, 0.2) is 0 Å². The maximum absolute atomic E-state index is 13.8. The highest BCUT2D eigenvalue weighted by Gasteiger charge is 2.45.